The van der Waals surface area contributed by atoms with E-state index in [4.69, 9.17) is 14.2 Å². The molecule has 37 heavy (non-hydrogen) atoms. The van der Waals surface area contributed by atoms with Gasteiger partial charge in [-0.15, -0.1) is 0 Å². The first kappa shape index (κ1) is 24.1. The lowest BCUT2D eigenvalue weighted by Crippen LogP contribution is -2.22. The predicted molar refractivity (Wildman–Crippen MR) is 140 cm³/mol. The van der Waals surface area contributed by atoms with Crippen molar-refractivity contribution in [2.75, 3.05) is 13.4 Å². The fourth-order valence-electron chi connectivity index (χ4n) is 4.12. The number of carbonyl (C=O) groups is 1. The molecule has 5 rings (SSSR count). The van der Waals surface area contributed by atoms with E-state index in [0.29, 0.717) is 45.7 Å². The molecule has 0 saturated heterocycles. The molecule has 0 unspecified atom stereocenters. The number of carbonyl (C=O) groups excluding carboxylic acids is 1. The summed E-state index contributed by atoms with van der Waals surface area (Å²) in [5, 5.41) is 12.2. The van der Waals surface area contributed by atoms with E-state index in [0.717, 1.165) is 18.4 Å². The summed E-state index contributed by atoms with van der Waals surface area (Å²) in [4.78, 5) is 29.9. The van der Waals surface area contributed by atoms with Crippen molar-refractivity contribution in [2.45, 2.75) is 26.3 Å². The molecule has 1 aliphatic rings. The third-order valence-corrected chi connectivity index (χ3v) is 6.14. The first-order valence-electron chi connectivity index (χ1n) is 12.1. The lowest BCUT2D eigenvalue weighted by Gasteiger charge is -2.14. The highest BCUT2D eigenvalue weighted by molar-refractivity contribution is 6.02. The molecule has 0 radical (unpaired) electrons. The smallest absolute Gasteiger partial charge is 0.338 e. The first-order chi connectivity index (χ1) is 18.0. The number of fused-ring (bicyclic) bond motifs is 2. The van der Waals surface area contributed by atoms with E-state index >= 15 is 0 Å². The lowest BCUT2D eigenvalue weighted by atomic mass is 10.1. The molecule has 0 fully saturated rings. The molecule has 1 N–H and O–H groups in total. The van der Waals surface area contributed by atoms with Gasteiger partial charge in [0.2, 0.25) is 12.7 Å². The summed E-state index contributed by atoms with van der Waals surface area (Å²) in [5.74, 6) is 0.682. The van der Waals surface area contributed by atoms with Crippen LogP contribution >= 0.6 is 0 Å². The number of hydrogen-bond donors (Lipinski definition) is 1. The second-order valence-electron chi connectivity index (χ2n) is 8.66. The van der Waals surface area contributed by atoms with Crippen LogP contribution in [0.4, 0.5) is 5.69 Å². The summed E-state index contributed by atoms with van der Waals surface area (Å²) < 4.78 is 17.4. The molecule has 0 aliphatic carbocycles. The monoisotopic (exact) mass is 498 g/mol. The molecular weight excluding hydrogens is 472 g/mol. The highest BCUT2D eigenvalue weighted by atomic mass is 16.7. The van der Waals surface area contributed by atoms with E-state index in [1.807, 2.05) is 13.0 Å². The summed E-state index contributed by atoms with van der Waals surface area (Å²) >= 11 is 0. The number of esters is 1. The van der Waals surface area contributed by atoms with E-state index in [1.165, 1.54) is 10.8 Å². The minimum Gasteiger partial charge on any atom is -0.494 e. The molecular formula is C29H26N2O6. The van der Waals surface area contributed by atoms with Crippen LogP contribution < -0.4 is 15.0 Å². The number of hydrogen-bond acceptors (Lipinski definition) is 7. The Hall–Kier alpha value is -4.59. The summed E-state index contributed by atoms with van der Waals surface area (Å²) in [6.45, 7) is 2.72. The maximum atomic E-state index is 13.3. The van der Waals surface area contributed by atoms with Crippen molar-refractivity contribution >= 4 is 28.6 Å². The Morgan fingerprint density at radius 2 is 1.81 bits per heavy atom. The second-order valence-corrected chi connectivity index (χ2v) is 8.66. The van der Waals surface area contributed by atoms with Crippen molar-refractivity contribution in [3.63, 3.8) is 0 Å². The first-order valence-corrected chi connectivity index (χ1v) is 12.1. The zero-order valence-electron chi connectivity index (χ0n) is 20.3. The molecule has 8 heteroatoms. The van der Waals surface area contributed by atoms with Crippen LogP contribution in [0.1, 0.15) is 41.3 Å². The Balaban J connectivity index is 1.46. The molecule has 0 spiro atoms. The van der Waals surface area contributed by atoms with Gasteiger partial charge in [-0.05, 0) is 54.4 Å². The maximum absolute atomic E-state index is 13.3. The zero-order valence-corrected chi connectivity index (χ0v) is 20.3. The van der Waals surface area contributed by atoms with Crippen molar-refractivity contribution in [1.29, 1.82) is 0 Å². The van der Waals surface area contributed by atoms with Crippen molar-refractivity contribution < 1.29 is 24.1 Å². The van der Waals surface area contributed by atoms with Crippen LogP contribution in [0.25, 0.3) is 10.8 Å². The van der Waals surface area contributed by atoms with E-state index in [2.05, 4.69) is 4.99 Å². The molecule has 188 valence electrons. The molecule has 3 aromatic carbocycles. The minimum atomic E-state index is -0.372. The molecule has 0 bridgehead atoms. The Morgan fingerprint density at radius 3 is 2.59 bits per heavy atom. The number of aromatic hydroxyl groups is 1. The molecule has 0 saturated carbocycles. The Bertz CT molecular complexity index is 1540. The van der Waals surface area contributed by atoms with Gasteiger partial charge in [0.1, 0.15) is 0 Å². The maximum Gasteiger partial charge on any atom is 0.338 e. The van der Waals surface area contributed by atoms with Gasteiger partial charge in [-0.2, -0.15) is 0 Å². The van der Waals surface area contributed by atoms with E-state index < -0.39 is 0 Å². The number of pyridine rings is 1. The average molecular weight is 499 g/mol. The third-order valence-electron chi connectivity index (χ3n) is 6.14. The summed E-state index contributed by atoms with van der Waals surface area (Å²) in [5.41, 5.74) is 1.91. The largest absolute Gasteiger partial charge is 0.494 e. The zero-order chi connectivity index (χ0) is 25.8. The number of rotatable bonds is 8. The van der Waals surface area contributed by atoms with E-state index in [1.54, 1.807) is 60.7 Å². The van der Waals surface area contributed by atoms with Gasteiger partial charge in [0.05, 0.1) is 30.0 Å². The van der Waals surface area contributed by atoms with Crippen LogP contribution in [0.15, 0.2) is 76.5 Å². The van der Waals surface area contributed by atoms with Crippen molar-refractivity contribution in [1.82, 2.24) is 4.57 Å². The normalized spacial score (nSPS) is 12.4. The molecule has 2 heterocycles. The van der Waals surface area contributed by atoms with Crippen LogP contribution in [0.3, 0.4) is 0 Å². The van der Waals surface area contributed by atoms with E-state index in [-0.39, 0.29) is 30.7 Å². The number of unbranched alkanes of at least 4 members (excludes halogenated alkanes) is 1. The molecule has 0 amide bonds. The average Bonchev–Trinajstić information content (AvgIpc) is 3.39. The molecule has 8 nitrogen and oxygen atoms in total. The third kappa shape index (κ3) is 5.04. The van der Waals surface area contributed by atoms with Crippen LogP contribution in [0.2, 0.25) is 0 Å². The van der Waals surface area contributed by atoms with Gasteiger partial charge in [-0.25, -0.2) is 4.79 Å². The predicted octanol–water partition coefficient (Wildman–Crippen LogP) is 5.19. The van der Waals surface area contributed by atoms with Crippen LogP contribution in [0, 0.1) is 0 Å². The SMILES string of the molecule is CCCCOC(=O)c1ccc(N=Cc2c(O)n(Cc3ccc4c(c3)OCO4)c(=O)c3ccccc23)cc1. The standard InChI is InChI=1S/C29H26N2O6/c1-2-3-14-35-29(34)20-9-11-21(12-10-20)30-16-24-22-6-4-5-7-23(22)27(32)31(28(24)33)17-19-8-13-25-26(15-19)37-18-36-25/h4-13,15-16,33H,2-3,14,17-18H2,1H3. The van der Waals surface area contributed by atoms with Crippen LogP contribution in [0.5, 0.6) is 17.4 Å². The summed E-state index contributed by atoms with van der Waals surface area (Å²) in [6.07, 6.45) is 3.30. The van der Waals surface area contributed by atoms with Crippen LogP contribution in [-0.4, -0.2) is 35.3 Å². The minimum absolute atomic E-state index is 0.141. The topological polar surface area (TPSA) is 99.3 Å². The highest BCUT2D eigenvalue weighted by Crippen LogP contribution is 2.33. The molecule has 0 atom stereocenters. The van der Waals surface area contributed by atoms with Gasteiger partial charge in [0, 0.05) is 17.0 Å². The second kappa shape index (κ2) is 10.6. The highest BCUT2D eigenvalue weighted by Gasteiger charge is 2.18. The van der Waals surface area contributed by atoms with Crippen molar-refractivity contribution in [3.8, 4) is 17.4 Å². The Labute approximate surface area is 213 Å². The number of benzene rings is 3. The Kier molecular flexibility index (Phi) is 6.89. The van der Waals surface area contributed by atoms with Crippen molar-refractivity contribution in [2.24, 2.45) is 4.99 Å². The van der Waals surface area contributed by atoms with Gasteiger partial charge in [-0.3, -0.25) is 14.4 Å². The number of aliphatic imine (C=N–C) groups is 1. The van der Waals surface area contributed by atoms with Crippen LogP contribution in [-0.2, 0) is 11.3 Å². The van der Waals surface area contributed by atoms with Gasteiger partial charge in [0.25, 0.3) is 5.56 Å². The Morgan fingerprint density at radius 1 is 1.05 bits per heavy atom. The van der Waals surface area contributed by atoms with E-state index in [9.17, 15) is 14.7 Å². The number of nitrogens with zero attached hydrogens (tertiary/aromatic N) is 2. The fraction of sp³-hybridized carbons (Fsp3) is 0.207. The number of ether oxygens (including phenoxy) is 3. The summed E-state index contributed by atoms with van der Waals surface area (Å²) in [7, 11) is 0. The molecule has 1 aliphatic heterocycles. The van der Waals surface area contributed by atoms with Crippen molar-refractivity contribution in [3.05, 3.63) is 93.8 Å². The number of aromatic nitrogens is 1. The van der Waals surface area contributed by atoms with Gasteiger partial charge in [-0.1, -0.05) is 37.6 Å². The van der Waals surface area contributed by atoms with Gasteiger partial charge >= 0.3 is 5.97 Å². The fourth-order valence-corrected chi connectivity index (χ4v) is 4.12. The van der Waals surface area contributed by atoms with Gasteiger partial charge in [0.15, 0.2) is 11.5 Å². The molecule has 1 aromatic heterocycles. The quantitative estimate of drug-likeness (QED) is 0.204. The van der Waals surface area contributed by atoms with Gasteiger partial charge < -0.3 is 19.3 Å². The lowest BCUT2D eigenvalue weighted by molar-refractivity contribution is 0.0499. The summed E-state index contributed by atoms with van der Waals surface area (Å²) in [6, 6.07) is 19.2. The molecule has 4 aromatic rings.